The molecule has 0 saturated carbocycles. The Balaban J connectivity index is 2.33. The van der Waals surface area contributed by atoms with Crippen LogP contribution in [0.15, 0.2) is 59.5 Å². The molecule has 0 spiro atoms. The molecule has 27 heavy (non-hydrogen) atoms. The largest absolute Gasteiger partial charge is 0.495 e. The molecule has 0 atom stereocenters. The van der Waals surface area contributed by atoms with Gasteiger partial charge in [-0.2, -0.15) is 0 Å². The molecule has 0 aliphatic carbocycles. The van der Waals surface area contributed by atoms with Crippen molar-refractivity contribution in [2.75, 3.05) is 32.6 Å². The molecule has 0 N–H and O–H groups in total. The van der Waals surface area contributed by atoms with Crippen molar-refractivity contribution >= 4 is 27.7 Å². The highest BCUT2D eigenvalue weighted by molar-refractivity contribution is 7.89. The topological polar surface area (TPSA) is 66.9 Å². The summed E-state index contributed by atoms with van der Waals surface area (Å²) in [6.07, 6.45) is 3.03. The molecule has 0 aliphatic heterocycles. The van der Waals surface area contributed by atoms with E-state index in [0.29, 0.717) is 12.1 Å². The van der Waals surface area contributed by atoms with Gasteiger partial charge in [-0.15, -0.1) is 0 Å². The number of sulfonamides is 1. The molecular weight excluding hydrogens is 364 g/mol. The maximum absolute atomic E-state index is 12.5. The Morgan fingerprint density at radius 3 is 2.33 bits per heavy atom. The van der Waals surface area contributed by atoms with Crippen molar-refractivity contribution in [3.8, 4) is 5.75 Å². The molecule has 0 heterocycles. The van der Waals surface area contributed by atoms with E-state index < -0.39 is 10.0 Å². The van der Waals surface area contributed by atoms with Gasteiger partial charge in [-0.1, -0.05) is 24.3 Å². The molecule has 0 saturated heterocycles. The maximum atomic E-state index is 12.5. The zero-order valence-corrected chi connectivity index (χ0v) is 16.7. The second kappa shape index (κ2) is 8.83. The molecule has 7 heteroatoms. The van der Waals surface area contributed by atoms with Crippen molar-refractivity contribution < 1.29 is 17.9 Å². The molecule has 0 fully saturated rings. The molecular formula is C20H24N2O4S. The fourth-order valence-electron chi connectivity index (χ4n) is 2.53. The quantitative estimate of drug-likeness (QED) is 0.684. The third-order valence-electron chi connectivity index (χ3n) is 4.01. The number of methoxy groups -OCH3 is 1. The van der Waals surface area contributed by atoms with Crippen LogP contribution in [0.3, 0.4) is 0 Å². The van der Waals surface area contributed by atoms with Crippen molar-refractivity contribution in [3.05, 3.63) is 60.2 Å². The zero-order valence-electron chi connectivity index (χ0n) is 15.9. The second-order valence-corrected chi connectivity index (χ2v) is 8.07. The normalized spacial score (nSPS) is 11.7. The molecule has 0 radical (unpaired) electrons. The van der Waals surface area contributed by atoms with Crippen molar-refractivity contribution in [2.45, 2.75) is 11.8 Å². The molecule has 2 rings (SSSR count). The van der Waals surface area contributed by atoms with Gasteiger partial charge in [0, 0.05) is 32.4 Å². The van der Waals surface area contributed by atoms with Crippen LogP contribution in [-0.2, 0) is 14.8 Å². The van der Waals surface area contributed by atoms with E-state index >= 15 is 0 Å². The monoisotopic (exact) mass is 388 g/mol. The van der Waals surface area contributed by atoms with Gasteiger partial charge < -0.3 is 9.64 Å². The first-order chi connectivity index (χ1) is 12.8. The van der Waals surface area contributed by atoms with Crippen molar-refractivity contribution in [2.24, 2.45) is 0 Å². The fraction of sp³-hybridized carbons (Fsp3) is 0.250. The van der Waals surface area contributed by atoms with E-state index in [-0.39, 0.29) is 16.6 Å². The fourth-order valence-corrected chi connectivity index (χ4v) is 3.61. The highest BCUT2D eigenvalue weighted by Gasteiger charge is 2.22. The number of hydrogen-bond donors (Lipinski definition) is 0. The van der Waals surface area contributed by atoms with Crippen molar-refractivity contribution in [1.82, 2.24) is 4.31 Å². The summed E-state index contributed by atoms with van der Waals surface area (Å²) in [5.41, 5.74) is 1.40. The Morgan fingerprint density at radius 1 is 1.11 bits per heavy atom. The van der Waals surface area contributed by atoms with E-state index in [1.54, 1.807) is 23.1 Å². The van der Waals surface area contributed by atoms with E-state index in [4.69, 9.17) is 4.74 Å². The number of rotatable bonds is 7. The lowest BCUT2D eigenvalue weighted by molar-refractivity contribution is -0.114. The summed E-state index contributed by atoms with van der Waals surface area (Å²) >= 11 is 0. The SMILES string of the molecule is CCN(C(=O)/C=C/c1ccc(OC)c(S(=O)(=O)N(C)C)c1)c1ccccc1. The number of para-hydroxylation sites is 1. The summed E-state index contributed by atoms with van der Waals surface area (Å²) in [5.74, 6) is 0.0724. The summed E-state index contributed by atoms with van der Waals surface area (Å²) in [7, 11) is 0.669. The van der Waals surface area contributed by atoms with Gasteiger partial charge in [0.25, 0.3) is 5.91 Å². The molecule has 6 nitrogen and oxygen atoms in total. The van der Waals surface area contributed by atoms with Gasteiger partial charge in [0.15, 0.2) is 0 Å². The van der Waals surface area contributed by atoms with Crippen LogP contribution >= 0.6 is 0 Å². The average Bonchev–Trinajstić information content (AvgIpc) is 2.67. The molecule has 2 aromatic rings. The van der Waals surface area contributed by atoms with Crippen LogP contribution in [0.4, 0.5) is 5.69 Å². The van der Waals surface area contributed by atoms with Gasteiger partial charge in [0.05, 0.1) is 7.11 Å². The van der Waals surface area contributed by atoms with Gasteiger partial charge >= 0.3 is 0 Å². The third kappa shape index (κ3) is 4.75. The number of hydrogen-bond acceptors (Lipinski definition) is 4. The summed E-state index contributed by atoms with van der Waals surface area (Å²) in [4.78, 5) is 14.2. The van der Waals surface area contributed by atoms with E-state index in [1.807, 2.05) is 37.3 Å². The molecule has 0 bridgehead atoms. The zero-order chi connectivity index (χ0) is 20.0. The minimum atomic E-state index is -3.67. The third-order valence-corrected chi connectivity index (χ3v) is 5.85. The Labute approximate surface area is 160 Å². The number of carbonyl (C=O) groups is 1. The summed E-state index contributed by atoms with van der Waals surface area (Å²) in [6, 6.07) is 14.1. The lowest BCUT2D eigenvalue weighted by Gasteiger charge is -2.19. The van der Waals surface area contributed by atoms with Gasteiger partial charge in [-0.3, -0.25) is 4.79 Å². The number of nitrogens with zero attached hydrogens (tertiary/aromatic N) is 2. The van der Waals surface area contributed by atoms with Gasteiger partial charge in [0.1, 0.15) is 10.6 Å². The Hall–Kier alpha value is -2.64. The minimum Gasteiger partial charge on any atom is -0.495 e. The van der Waals surface area contributed by atoms with Crippen LogP contribution in [-0.4, -0.2) is 46.4 Å². The van der Waals surface area contributed by atoms with E-state index in [0.717, 1.165) is 9.99 Å². The van der Waals surface area contributed by atoms with Crippen molar-refractivity contribution in [1.29, 1.82) is 0 Å². The first-order valence-electron chi connectivity index (χ1n) is 8.46. The van der Waals surface area contributed by atoms with Crippen LogP contribution in [0.1, 0.15) is 12.5 Å². The van der Waals surface area contributed by atoms with Crippen LogP contribution < -0.4 is 9.64 Å². The lowest BCUT2D eigenvalue weighted by atomic mass is 10.2. The van der Waals surface area contributed by atoms with E-state index in [1.165, 1.54) is 33.3 Å². The second-order valence-electron chi connectivity index (χ2n) is 5.95. The van der Waals surface area contributed by atoms with Crippen LogP contribution in [0.5, 0.6) is 5.75 Å². The molecule has 0 aromatic heterocycles. The molecule has 0 aliphatic rings. The summed E-state index contributed by atoms with van der Waals surface area (Å²) in [5, 5.41) is 0. The maximum Gasteiger partial charge on any atom is 0.250 e. The average molecular weight is 388 g/mol. The number of anilines is 1. The number of carbonyl (C=O) groups excluding carboxylic acids is 1. The van der Waals surface area contributed by atoms with Crippen LogP contribution in [0.2, 0.25) is 0 Å². The lowest BCUT2D eigenvalue weighted by Crippen LogP contribution is -2.28. The minimum absolute atomic E-state index is 0.0556. The highest BCUT2D eigenvalue weighted by atomic mass is 32.2. The van der Waals surface area contributed by atoms with Gasteiger partial charge in [-0.05, 0) is 42.8 Å². The summed E-state index contributed by atoms with van der Waals surface area (Å²) < 4.78 is 31.3. The first kappa shape index (κ1) is 20.7. The molecule has 1 amide bonds. The Kier molecular flexibility index (Phi) is 6.76. The van der Waals surface area contributed by atoms with Gasteiger partial charge in [0.2, 0.25) is 10.0 Å². The van der Waals surface area contributed by atoms with E-state index in [9.17, 15) is 13.2 Å². The van der Waals surface area contributed by atoms with Crippen molar-refractivity contribution in [3.63, 3.8) is 0 Å². The number of benzene rings is 2. The van der Waals surface area contributed by atoms with E-state index in [2.05, 4.69) is 0 Å². The molecule has 144 valence electrons. The Bertz CT molecular complexity index is 922. The Morgan fingerprint density at radius 2 is 1.78 bits per heavy atom. The predicted molar refractivity (Wildman–Crippen MR) is 107 cm³/mol. The standard InChI is InChI=1S/C20H24N2O4S/c1-5-22(17-9-7-6-8-10-17)20(23)14-12-16-11-13-18(26-4)19(15-16)27(24,25)21(2)3/h6-15H,5H2,1-4H3/b14-12+. The number of ether oxygens (including phenoxy) is 1. The summed E-state index contributed by atoms with van der Waals surface area (Å²) in [6.45, 7) is 2.42. The van der Waals surface area contributed by atoms with Crippen LogP contribution in [0.25, 0.3) is 6.08 Å². The smallest absolute Gasteiger partial charge is 0.250 e. The predicted octanol–water partition coefficient (Wildman–Crippen LogP) is 3.01. The van der Waals surface area contributed by atoms with Gasteiger partial charge in [-0.25, -0.2) is 12.7 Å². The highest BCUT2D eigenvalue weighted by Crippen LogP contribution is 2.27. The number of amides is 1. The van der Waals surface area contributed by atoms with Crippen LogP contribution in [0, 0.1) is 0 Å². The first-order valence-corrected chi connectivity index (χ1v) is 9.90. The molecule has 2 aromatic carbocycles. The molecule has 0 unspecified atom stereocenters. The number of likely N-dealkylation sites (N-methyl/N-ethyl adjacent to an activating group) is 1.